The van der Waals surface area contributed by atoms with Gasteiger partial charge >= 0.3 is 0 Å². The molecular weight excluding hydrogens is 1010 g/mol. The van der Waals surface area contributed by atoms with Gasteiger partial charge in [0.15, 0.2) is 0 Å². The lowest BCUT2D eigenvalue weighted by molar-refractivity contribution is 0.254. The van der Waals surface area contributed by atoms with Crippen LogP contribution in [0.2, 0.25) is 0 Å². The molecule has 0 unspecified atom stereocenters. The Hall–Kier alpha value is -10.4. The Balaban J connectivity index is 1.17. The van der Waals surface area contributed by atoms with E-state index in [4.69, 9.17) is 38.9 Å². The number of ether oxygens (including phenoxy) is 4. The van der Waals surface area contributed by atoms with Crippen LogP contribution in [0, 0.1) is 0 Å². The Kier molecular flexibility index (Phi) is 11.4. The van der Waals surface area contributed by atoms with Gasteiger partial charge in [-0.25, -0.2) is 20.0 Å². The van der Waals surface area contributed by atoms with Crippen molar-refractivity contribution in [3.05, 3.63) is 276 Å². The molecule has 0 atom stereocenters. The number of fused-ring (bicyclic) bond motifs is 12. The van der Waals surface area contributed by atoms with E-state index in [9.17, 15) is 0 Å². The molecular formula is C74H52N4O4. The van der Waals surface area contributed by atoms with E-state index in [1.165, 1.54) is 0 Å². The predicted octanol–water partition coefficient (Wildman–Crippen LogP) is 16.6. The van der Waals surface area contributed by atoms with Gasteiger partial charge in [-0.15, -0.1) is 0 Å². The van der Waals surface area contributed by atoms with Crippen molar-refractivity contribution in [2.45, 2.75) is 11.3 Å². The molecule has 8 heteroatoms. The van der Waals surface area contributed by atoms with Crippen LogP contribution in [0.4, 0.5) is 0 Å². The lowest BCUT2D eigenvalue weighted by Gasteiger charge is -2.45. The molecule has 0 bridgehead atoms. The van der Waals surface area contributed by atoms with Gasteiger partial charge in [-0.1, -0.05) is 121 Å². The van der Waals surface area contributed by atoms with Crippen molar-refractivity contribution in [2.24, 2.45) is 20.0 Å². The van der Waals surface area contributed by atoms with E-state index in [1.54, 1.807) is 28.4 Å². The number of nitrogens with zero attached hydrogens (tertiary/aromatic N) is 4. The molecule has 12 aromatic rings. The summed E-state index contributed by atoms with van der Waals surface area (Å²) in [5, 5.41) is 8.94. The quantitative estimate of drug-likeness (QED) is 0.137. The van der Waals surface area contributed by atoms with Crippen LogP contribution < -0.4 is 18.9 Å². The van der Waals surface area contributed by atoms with Gasteiger partial charge in [-0.2, -0.15) is 0 Å². The Bertz CT molecular complexity index is 4280. The zero-order chi connectivity index (χ0) is 55.1. The summed E-state index contributed by atoms with van der Waals surface area (Å²) in [4.78, 5) is 25.2. The molecule has 8 nitrogen and oxygen atoms in total. The Morgan fingerprint density at radius 2 is 0.524 bits per heavy atom. The van der Waals surface area contributed by atoms with Crippen LogP contribution in [0.25, 0.3) is 76.5 Å². The maximum absolute atomic E-state index is 6.29. The summed E-state index contributed by atoms with van der Waals surface area (Å²) in [5.74, 6) is 2.91. The number of methoxy groups -OCH3 is 4. The number of hydrogen-bond donors (Lipinski definition) is 0. The molecule has 82 heavy (non-hydrogen) atoms. The lowest BCUT2D eigenvalue weighted by atomic mass is 9.67. The van der Waals surface area contributed by atoms with Gasteiger partial charge in [0.05, 0.1) is 51.3 Å². The van der Waals surface area contributed by atoms with Crippen LogP contribution in [0.3, 0.4) is 0 Å². The smallest absolute Gasteiger partial charge is 0.227 e. The van der Waals surface area contributed by atoms with Crippen LogP contribution in [-0.2, 0) is 11.3 Å². The molecule has 12 aromatic carbocycles. The molecule has 0 aromatic heterocycles. The lowest BCUT2D eigenvalue weighted by Crippen LogP contribution is -2.46. The van der Waals surface area contributed by atoms with Gasteiger partial charge in [-0.05, 0) is 198 Å². The first-order valence-corrected chi connectivity index (χ1v) is 27.5. The van der Waals surface area contributed by atoms with Gasteiger partial charge < -0.3 is 18.9 Å². The molecule has 2 aliphatic heterocycles. The first kappa shape index (κ1) is 48.7. The molecule has 1 aliphatic carbocycles. The van der Waals surface area contributed by atoms with E-state index in [2.05, 4.69) is 194 Å². The minimum atomic E-state index is -1.62. The van der Waals surface area contributed by atoms with Gasteiger partial charge in [0.25, 0.3) is 0 Å². The van der Waals surface area contributed by atoms with Crippen LogP contribution in [0.15, 0.2) is 263 Å². The van der Waals surface area contributed by atoms with E-state index in [0.29, 0.717) is 22.8 Å². The van der Waals surface area contributed by atoms with Crippen molar-refractivity contribution >= 4 is 65.9 Å². The largest absolute Gasteiger partial charge is 0.497 e. The summed E-state index contributed by atoms with van der Waals surface area (Å²) < 4.78 is 23.1. The van der Waals surface area contributed by atoms with E-state index < -0.39 is 11.3 Å². The molecule has 0 amide bonds. The molecule has 0 saturated heterocycles. The van der Waals surface area contributed by atoms with E-state index >= 15 is 0 Å². The van der Waals surface area contributed by atoms with E-state index in [1.807, 2.05) is 48.5 Å². The third kappa shape index (κ3) is 7.52. The normalized spacial score (nSPS) is 14.6. The molecule has 3 aliphatic rings. The maximum atomic E-state index is 6.29. The summed E-state index contributed by atoms with van der Waals surface area (Å²) in [6.07, 6.45) is 0. The summed E-state index contributed by atoms with van der Waals surface area (Å²) >= 11 is 0. The highest BCUT2D eigenvalue weighted by atomic mass is 16.5. The van der Waals surface area contributed by atoms with Crippen molar-refractivity contribution in [3.8, 4) is 56.4 Å². The second-order valence-electron chi connectivity index (χ2n) is 21.0. The summed E-state index contributed by atoms with van der Waals surface area (Å²) in [6, 6.07) is 85.4. The monoisotopic (exact) mass is 1060 g/mol. The Morgan fingerprint density at radius 3 is 0.829 bits per heavy atom. The highest BCUT2D eigenvalue weighted by Crippen LogP contribution is 2.64. The first-order valence-electron chi connectivity index (χ1n) is 27.5. The summed E-state index contributed by atoms with van der Waals surface area (Å²) in [6.45, 7) is 0. The zero-order valence-corrected chi connectivity index (χ0v) is 45.5. The van der Waals surface area contributed by atoms with Crippen molar-refractivity contribution in [2.75, 3.05) is 28.4 Å². The van der Waals surface area contributed by atoms with Crippen molar-refractivity contribution < 1.29 is 18.9 Å². The molecule has 0 fully saturated rings. The third-order valence-electron chi connectivity index (χ3n) is 16.7. The number of hydrogen-bond acceptors (Lipinski definition) is 8. The average Bonchev–Trinajstić information content (AvgIpc) is 1.62. The summed E-state index contributed by atoms with van der Waals surface area (Å²) in [7, 11) is 6.74. The molecule has 2 heterocycles. The van der Waals surface area contributed by atoms with Crippen LogP contribution in [0.5, 0.6) is 23.0 Å². The average molecular weight is 1060 g/mol. The second-order valence-corrected chi connectivity index (χ2v) is 21.0. The fraction of sp³-hybridized carbons (Fsp3) is 0.0811. The number of rotatable bonds is 10. The van der Waals surface area contributed by atoms with Gasteiger partial charge in [0.1, 0.15) is 23.0 Å². The van der Waals surface area contributed by atoms with Crippen molar-refractivity contribution in [1.82, 2.24) is 0 Å². The van der Waals surface area contributed by atoms with E-state index in [0.717, 1.165) is 133 Å². The number of benzene rings is 12. The minimum Gasteiger partial charge on any atom is -0.497 e. The highest BCUT2D eigenvalue weighted by Gasteiger charge is 2.64. The standard InChI is InChI=1S/C74H52N4O4/c1-79-55-33-25-47(26-34-55)69-70(48-27-35-56(80-2)36-28-48)76-73(75-69)65-43-63(53-23-21-45-13-5-7-15-51(45)41-53)59-17-9-11-19-61(59)67(65)68-62-20-12-10-18-60(62)64(54-24-22-46-14-6-8-16-52(46)42-54)44-66(68)74(73)77-71(49-29-37-57(81-3)38-30-49)72(78-74)50-31-39-58(82-4)40-32-50/h5-44H,1-4H3. The molecule has 392 valence electrons. The van der Waals surface area contributed by atoms with Crippen LogP contribution in [0.1, 0.15) is 33.4 Å². The van der Waals surface area contributed by atoms with Crippen molar-refractivity contribution in [1.29, 1.82) is 0 Å². The third-order valence-corrected chi connectivity index (χ3v) is 16.7. The SMILES string of the molecule is COc1ccc(C2=NC3(N=C2c2ccc(OC)cc2)c2cc(-c4ccc5ccccc5c4)c4ccccc4c2-c2c(cc(-c4ccc5ccccc5c4)c4ccccc24)C32N=C(c3ccc(OC)cc3)C(c3ccc(OC)cc3)=N2)cc1. The molecule has 15 rings (SSSR count). The summed E-state index contributed by atoms with van der Waals surface area (Å²) in [5.41, 5.74) is 11.0. The molecule has 0 saturated carbocycles. The van der Waals surface area contributed by atoms with E-state index in [-0.39, 0.29) is 0 Å². The second kappa shape index (κ2) is 19.1. The molecule has 0 radical (unpaired) electrons. The van der Waals surface area contributed by atoms with Gasteiger partial charge in [0, 0.05) is 33.4 Å². The highest BCUT2D eigenvalue weighted by molar-refractivity contribution is 6.56. The Labute approximate surface area is 474 Å². The topological polar surface area (TPSA) is 86.4 Å². The predicted molar refractivity (Wildman–Crippen MR) is 334 cm³/mol. The fourth-order valence-corrected chi connectivity index (χ4v) is 12.7. The fourth-order valence-electron chi connectivity index (χ4n) is 12.7. The molecule has 0 N–H and O–H groups in total. The first-order chi connectivity index (χ1) is 40.4. The minimum absolute atomic E-state index is 0.687. The van der Waals surface area contributed by atoms with Crippen LogP contribution in [-0.4, -0.2) is 51.3 Å². The maximum Gasteiger partial charge on any atom is 0.227 e. The van der Waals surface area contributed by atoms with Gasteiger partial charge in [-0.3, -0.25) is 0 Å². The van der Waals surface area contributed by atoms with Crippen LogP contribution >= 0.6 is 0 Å². The number of aliphatic imine (C=N–C) groups is 4. The zero-order valence-electron chi connectivity index (χ0n) is 45.5. The molecule has 2 spiro atoms. The van der Waals surface area contributed by atoms with Gasteiger partial charge in [0.2, 0.25) is 11.3 Å². The van der Waals surface area contributed by atoms with Crippen molar-refractivity contribution in [3.63, 3.8) is 0 Å². The Morgan fingerprint density at radius 1 is 0.256 bits per heavy atom.